The van der Waals surface area contributed by atoms with Crippen LogP contribution in [-0.2, 0) is 0 Å². The Kier molecular flexibility index (Phi) is 5.34. The van der Waals surface area contributed by atoms with Gasteiger partial charge in [0.25, 0.3) is 5.91 Å². The van der Waals surface area contributed by atoms with E-state index >= 15 is 0 Å². The third-order valence-electron chi connectivity index (χ3n) is 2.71. The molecule has 0 radical (unpaired) electrons. The zero-order chi connectivity index (χ0) is 15.4. The Bertz CT molecular complexity index is 674. The summed E-state index contributed by atoms with van der Waals surface area (Å²) in [6.45, 7) is 2.36. The van der Waals surface area contributed by atoms with Gasteiger partial charge in [-0.25, -0.2) is 0 Å². The molecule has 0 saturated heterocycles. The van der Waals surface area contributed by atoms with Gasteiger partial charge in [0.15, 0.2) is 0 Å². The van der Waals surface area contributed by atoms with Gasteiger partial charge in [0.2, 0.25) is 0 Å². The molecule has 0 saturated carbocycles. The molecule has 0 atom stereocenters. The van der Waals surface area contributed by atoms with E-state index in [1.807, 2.05) is 13.0 Å². The van der Waals surface area contributed by atoms with Gasteiger partial charge in [0.05, 0.1) is 32.9 Å². The van der Waals surface area contributed by atoms with E-state index in [9.17, 15) is 4.79 Å². The van der Waals surface area contributed by atoms with Crippen molar-refractivity contribution in [3.05, 3.63) is 57.0 Å². The number of benzene rings is 2. The van der Waals surface area contributed by atoms with Crippen molar-refractivity contribution in [2.24, 2.45) is 0 Å². The van der Waals surface area contributed by atoms with Crippen molar-refractivity contribution in [1.29, 1.82) is 0 Å². The van der Waals surface area contributed by atoms with Gasteiger partial charge in [-0.2, -0.15) is 0 Å². The molecule has 21 heavy (non-hydrogen) atoms. The molecular weight excluding hydrogens is 333 g/mol. The summed E-state index contributed by atoms with van der Waals surface area (Å²) in [5, 5.41) is 3.35. The largest absolute Gasteiger partial charge is 0.492 e. The standard InChI is InChI=1S/C15H12Cl3NO2/c1-2-21-12-6-4-3-5-11(12)19-15(20)13-9(16)7-8-10(17)14(13)18/h3-8H,2H2,1H3,(H,19,20). The lowest BCUT2D eigenvalue weighted by molar-refractivity contribution is 0.102. The topological polar surface area (TPSA) is 38.3 Å². The summed E-state index contributed by atoms with van der Waals surface area (Å²) in [6.07, 6.45) is 0. The zero-order valence-corrected chi connectivity index (χ0v) is 13.4. The minimum atomic E-state index is -0.445. The molecule has 0 bridgehead atoms. The van der Waals surface area contributed by atoms with Gasteiger partial charge in [-0.15, -0.1) is 0 Å². The molecule has 0 spiro atoms. The number of halogens is 3. The number of ether oxygens (including phenoxy) is 1. The average Bonchev–Trinajstić information content (AvgIpc) is 2.46. The number of amides is 1. The Hall–Kier alpha value is -1.42. The summed E-state index contributed by atoms with van der Waals surface area (Å²) in [5.74, 6) is 0.127. The van der Waals surface area contributed by atoms with Crippen molar-refractivity contribution in [3.63, 3.8) is 0 Å². The number of para-hydroxylation sites is 2. The molecule has 1 N–H and O–H groups in total. The zero-order valence-electron chi connectivity index (χ0n) is 11.1. The molecule has 0 aromatic heterocycles. The van der Waals surface area contributed by atoms with Crippen molar-refractivity contribution in [1.82, 2.24) is 0 Å². The highest BCUT2D eigenvalue weighted by Gasteiger charge is 2.18. The number of nitrogens with one attached hydrogen (secondary N) is 1. The number of carbonyl (C=O) groups excluding carboxylic acids is 1. The molecule has 0 fully saturated rings. The lowest BCUT2D eigenvalue weighted by atomic mass is 10.2. The maximum absolute atomic E-state index is 12.4. The molecule has 0 aliphatic carbocycles. The van der Waals surface area contributed by atoms with Crippen molar-refractivity contribution in [2.75, 3.05) is 11.9 Å². The number of rotatable bonds is 4. The Morgan fingerprint density at radius 1 is 1.10 bits per heavy atom. The first-order valence-electron chi connectivity index (χ1n) is 6.21. The monoisotopic (exact) mass is 343 g/mol. The van der Waals surface area contributed by atoms with Crippen molar-refractivity contribution < 1.29 is 9.53 Å². The first-order chi connectivity index (χ1) is 10.0. The molecule has 2 aromatic rings. The first-order valence-corrected chi connectivity index (χ1v) is 7.34. The smallest absolute Gasteiger partial charge is 0.258 e. The number of carbonyl (C=O) groups is 1. The lowest BCUT2D eigenvalue weighted by Crippen LogP contribution is -2.14. The van der Waals surface area contributed by atoms with Gasteiger partial charge in [-0.1, -0.05) is 46.9 Å². The van der Waals surface area contributed by atoms with Crippen LogP contribution in [0.1, 0.15) is 17.3 Å². The van der Waals surface area contributed by atoms with Crippen LogP contribution in [-0.4, -0.2) is 12.5 Å². The highest BCUT2D eigenvalue weighted by molar-refractivity contribution is 6.46. The second-order valence-electron chi connectivity index (χ2n) is 4.10. The van der Waals surface area contributed by atoms with Crippen molar-refractivity contribution >= 4 is 46.4 Å². The molecule has 110 valence electrons. The van der Waals surface area contributed by atoms with E-state index in [-0.39, 0.29) is 20.6 Å². The van der Waals surface area contributed by atoms with Crippen LogP contribution in [0.4, 0.5) is 5.69 Å². The molecule has 0 heterocycles. The fourth-order valence-electron chi connectivity index (χ4n) is 1.77. The summed E-state index contributed by atoms with van der Waals surface area (Å²) >= 11 is 18.0. The minimum absolute atomic E-state index is 0.121. The summed E-state index contributed by atoms with van der Waals surface area (Å²) < 4.78 is 5.45. The van der Waals surface area contributed by atoms with Crippen LogP contribution in [0.3, 0.4) is 0 Å². The van der Waals surface area contributed by atoms with Gasteiger partial charge in [-0.3, -0.25) is 4.79 Å². The van der Waals surface area contributed by atoms with Crippen LogP contribution in [0.25, 0.3) is 0 Å². The SMILES string of the molecule is CCOc1ccccc1NC(=O)c1c(Cl)ccc(Cl)c1Cl. The van der Waals surface area contributed by atoms with Gasteiger partial charge in [0, 0.05) is 0 Å². The van der Waals surface area contributed by atoms with Gasteiger partial charge in [0.1, 0.15) is 5.75 Å². The Morgan fingerprint density at radius 3 is 2.48 bits per heavy atom. The molecule has 3 nitrogen and oxygen atoms in total. The maximum Gasteiger partial charge on any atom is 0.258 e. The average molecular weight is 345 g/mol. The second kappa shape index (κ2) is 7.03. The molecule has 0 unspecified atom stereocenters. The van der Waals surface area contributed by atoms with Gasteiger partial charge >= 0.3 is 0 Å². The van der Waals surface area contributed by atoms with E-state index in [1.165, 1.54) is 12.1 Å². The van der Waals surface area contributed by atoms with Crippen LogP contribution < -0.4 is 10.1 Å². The number of anilines is 1. The van der Waals surface area contributed by atoms with Crippen LogP contribution >= 0.6 is 34.8 Å². The van der Waals surface area contributed by atoms with Crippen LogP contribution in [0.2, 0.25) is 15.1 Å². The van der Waals surface area contributed by atoms with E-state index < -0.39 is 5.91 Å². The van der Waals surface area contributed by atoms with Gasteiger partial charge in [-0.05, 0) is 31.2 Å². The molecule has 2 rings (SSSR count). The third-order valence-corrected chi connectivity index (χ3v) is 3.83. The fourth-order valence-corrected chi connectivity index (χ4v) is 2.47. The van der Waals surface area contributed by atoms with E-state index in [1.54, 1.807) is 18.2 Å². The summed E-state index contributed by atoms with van der Waals surface area (Å²) in [6, 6.07) is 10.2. The van der Waals surface area contributed by atoms with E-state index in [2.05, 4.69) is 5.32 Å². The molecule has 1 amide bonds. The predicted molar refractivity (Wildman–Crippen MR) is 87.0 cm³/mol. The summed E-state index contributed by atoms with van der Waals surface area (Å²) in [4.78, 5) is 12.4. The highest BCUT2D eigenvalue weighted by atomic mass is 35.5. The van der Waals surface area contributed by atoms with E-state index in [0.717, 1.165) is 0 Å². The first kappa shape index (κ1) is 16.0. The van der Waals surface area contributed by atoms with Crippen molar-refractivity contribution in [2.45, 2.75) is 6.92 Å². The molecule has 2 aromatic carbocycles. The molecule has 0 aliphatic rings. The summed E-state index contributed by atoms with van der Waals surface area (Å²) in [5.41, 5.74) is 0.675. The molecular formula is C15H12Cl3NO2. The third kappa shape index (κ3) is 3.62. The van der Waals surface area contributed by atoms with Gasteiger partial charge < -0.3 is 10.1 Å². The lowest BCUT2D eigenvalue weighted by Gasteiger charge is -2.13. The summed E-state index contributed by atoms with van der Waals surface area (Å²) in [7, 11) is 0. The van der Waals surface area contributed by atoms with E-state index in [0.29, 0.717) is 18.0 Å². The van der Waals surface area contributed by atoms with Crippen LogP contribution in [0.5, 0.6) is 5.75 Å². The molecule has 0 aliphatic heterocycles. The van der Waals surface area contributed by atoms with Crippen LogP contribution in [0, 0.1) is 0 Å². The number of hydrogen-bond acceptors (Lipinski definition) is 2. The minimum Gasteiger partial charge on any atom is -0.492 e. The predicted octanol–water partition coefficient (Wildman–Crippen LogP) is 5.30. The Morgan fingerprint density at radius 2 is 1.76 bits per heavy atom. The number of hydrogen-bond donors (Lipinski definition) is 1. The second-order valence-corrected chi connectivity index (χ2v) is 5.29. The van der Waals surface area contributed by atoms with Crippen molar-refractivity contribution in [3.8, 4) is 5.75 Å². The van der Waals surface area contributed by atoms with E-state index in [4.69, 9.17) is 39.5 Å². The highest BCUT2D eigenvalue weighted by Crippen LogP contribution is 2.33. The Balaban J connectivity index is 2.33. The van der Waals surface area contributed by atoms with Crippen LogP contribution in [0.15, 0.2) is 36.4 Å². The maximum atomic E-state index is 12.4. The quantitative estimate of drug-likeness (QED) is 0.764. The Labute approximate surface area is 137 Å². The normalized spacial score (nSPS) is 10.3. The fraction of sp³-hybridized carbons (Fsp3) is 0.133. The molecule has 6 heteroatoms.